The molecule has 0 aliphatic carbocycles. The van der Waals surface area contributed by atoms with Crippen molar-refractivity contribution in [2.24, 2.45) is 0 Å². The maximum atomic E-state index is 9.43. The highest BCUT2D eigenvalue weighted by atomic mass is 16.7. The monoisotopic (exact) mass is 166 g/mol. The zero-order chi connectivity index (χ0) is 8.72. The number of phenols is 1. The van der Waals surface area contributed by atoms with Gasteiger partial charge >= 0.3 is 0 Å². The Bertz CT molecular complexity index is 331. The molecule has 1 aromatic carbocycles. The average Bonchev–Trinajstić information content (AvgIpc) is 2.48. The Morgan fingerprint density at radius 1 is 1.25 bits per heavy atom. The molecule has 1 aliphatic rings. The molecule has 2 rings (SSSR count). The minimum absolute atomic E-state index is 0.249. The van der Waals surface area contributed by atoms with Crippen LogP contribution >= 0.6 is 0 Å². The molecule has 0 saturated carbocycles. The topological polar surface area (TPSA) is 38.7 Å². The lowest BCUT2D eigenvalue weighted by Crippen LogP contribution is -1.93. The van der Waals surface area contributed by atoms with Crippen molar-refractivity contribution >= 4 is 0 Å². The van der Waals surface area contributed by atoms with Crippen LogP contribution < -0.4 is 9.47 Å². The van der Waals surface area contributed by atoms with Crippen LogP contribution in [0.2, 0.25) is 0 Å². The van der Waals surface area contributed by atoms with Crippen LogP contribution in [0.3, 0.4) is 0 Å². The number of rotatable bonds is 0. The van der Waals surface area contributed by atoms with Crippen molar-refractivity contribution in [2.45, 2.75) is 13.8 Å². The summed E-state index contributed by atoms with van der Waals surface area (Å²) in [6.45, 7) is 4.01. The molecule has 0 spiro atoms. The van der Waals surface area contributed by atoms with Crippen molar-refractivity contribution in [2.75, 3.05) is 6.79 Å². The van der Waals surface area contributed by atoms with Crippen LogP contribution in [0.5, 0.6) is 17.2 Å². The summed E-state index contributed by atoms with van der Waals surface area (Å²) in [6, 6.07) is 1.59. The third kappa shape index (κ3) is 0.826. The third-order valence-electron chi connectivity index (χ3n) is 2.20. The van der Waals surface area contributed by atoms with E-state index in [-0.39, 0.29) is 12.5 Å². The quantitative estimate of drug-likeness (QED) is 0.638. The van der Waals surface area contributed by atoms with Gasteiger partial charge in [0.1, 0.15) is 5.75 Å². The second-order valence-corrected chi connectivity index (χ2v) is 2.88. The number of aromatic hydroxyl groups is 1. The highest BCUT2D eigenvalue weighted by Gasteiger charge is 2.19. The molecule has 0 bridgehead atoms. The van der Waals surface area contributed by atoms with Gasteiger partial charge in [-0.2, -0.15) is 0 Å². The minimum Gasteiger partial charge on any atom is -0.508 e. The highest BCUT2D eigenvalue weighted by Crippen LogP contribution is 2.40. The molecule has 3 heteroatoms. The summed E-state index contributed by atoms with van der Waals surface area (Å²) in [5, 5.41) is 9.43. The van der Waals surface area contributed by atoms with E-state index in [9.17, 15) is 5.11 Å². The molecule has 0 atom stereocenters. The average molecular weight is 166 g/mol. The fraction of sp³-hybridized carbons (Fsp3) is 0.333. The van der Waals surface area contributed by atoms with Crippen LogP contribution in [0.4, 0.5) is 0 Å². The van der Waals surface area contributed by atoms with Crippen LogP contribution in [0.25, 0.3) is 0 Å². The van der Waals surface area contributed by atoms with E-state index in [1.54, 1.807) is 6.07 Å². The van der Waals surface area contributed by atoms with Crippen LogP contribution in [-0.2, 0) is 0 Å². The highest BCUT2D eigenvalue weighted by molar-refractivity contribution is 5.56. The maximum absolute atomic E-state index is 9.43. The first kappa shape index (κ1) is 7.28. The second-order valence-electron chi connectivity index (χ2n) is 2.88. The summed E-state index contributed by atoms with van der Waals surface area (Å²) < 4.78 is 10.4. The predicted molar refractivity (Wildman–Crippen MR) is 43.7 cm³/mol. The second kappa shape index (κ2) is 2.30. The molecule has 0 fully saturated rings. The molecular weight excluding hydrogens is 156 g/mol. The van der Waals surface area contributed by atoms with E-state index in [0.717, 1.165) is 16.9 Å². The van der Waals surface area contributed by atoms with Crippen molar-refractivity contribution in [3.63, 3.8) is 0 Å². The van der Waals surface area contributed by atoms with Crippen molar-refractivity contribution in [1.82, 2.24) is 0 Å². The molecule has 0 radical (unpaired) electrons. The summed E-state index contributed by atoms with van der Waals surface area (Å²) >= 11 is 0. The van der Waals surface area contributed by atoms with Gasteiger partial charge in [-0.15, -0.1) is 0 Å². The van der Waals surface area contributed by atoms with Gasteiger partial charge in [-0.25, -0.2) is 0 Å². The number of fused-ring (bicyclic) bond motifs is 1. The minimum atomic E-state index is 0.249. The van der Waals surface area contributed by atoms with Gasteiger partial charge in [0, 0.05) is 11.6 Å². The number of hydrogen-bond acceptors (Lipinski definition) is 3. The SMILES string of the molecule is Cc1c(O)cc2c(c1C)OCO2. The Morgan fingerprint density at radius 2 is 2.00 bits per heavy atom. The van der Waals surface area contributed by atoms with Crippen LogP contribution in [0.15, 0.2) is 6.07 Å². The van der Waals surface area contributed by atoms with Gasteiger partial charge < -0.3 is 14.6 Å². The van der Waals surface area contributed by atoms with Gasteiger partial charge in [-0.05, 0) is 19.4 Å². The molecule has 0 amide bonds. The molecule has 0 unspecified atom stereocenters. The first-order chi connectivity index (χ1) is 5.70. The van der Waals surface area contributed by atoms with Crippen LogP contribution in [-0.4, -0.2) is 11.9 Å². The maximum Gasteiger partial charge on any atom is 0.231 e. The van der Waals surface area contributed by atoms with Gasteiger partial charge in [0.15, 0.2) is 11.5 Å². The fourth-order valence-electron chi connectivity index (χ4n) is 1.28. The largest absolute Gasteiger partial charge is 0.508 e. The molecule has 0 saturated heterocycles. The number of benzene rings is 1. The number of ether oxygens (including phenoxy) is 2. The molecular formula is C9H10O3. The summed E-state index contributed by atoms with van der Waals surface area (Å²) in [6.07, 6.45) is 0. The Morgan fingerprint density at radius 3 is 2.75 bits per heavy atom. The number of phenolic OH excluding ortho intramolecular Hbond substituents is 1. The van der Waals surface area contributed by atoms with E-state index in [2.05, 4.69) is 0 Å². The van der Waals surface area contributed by atoms with Gasteiger partial charge in [-0.1, -0.05) is 0 Å². The van der Waals surface area contributed by atoms with Gasteiger partial charge in [-0.3, -0.25) is 0 Å². The van der Waals surface area contributed by atoms with E-state index in [1.165, 1.54) is 0 Å². The Labute approximate surface area is 70.5 Å². The molecule has 1 N–H and O–H groups in total. The summed E-state index contributed by atoms with van der Waals surface area (Å²) in [5.74, 6) is 1.65. The molecule has 1 aliphatic heterocycles. The fourth-order valence-corrected chi connectivity index (χ4v) is 1.28. The standard InChI is InChI=1S/C9H10O3/c1-5-6(2)9-8(3-7(5)10)11-4-12-9/h3,10H,4H2,1-2H3. The first-order valence-corrected chi connectivity index (χ1v) is 3.79. The van der Waals surface area contributed by atoms with Gasteiger partial charge in [0.05, 0.1) is 0 Å². The number of hydrogen-bond donors (Lipinski definition) is 1. The summed E-state index contributed by atoms with van der Waals surface area (Å²) in [7, 11) is 0. The van der Waals surface area contributed by atoms with Crippen molar-refractivity contribution in [3.05, 3.63) is 17.2 Å². The lowest BCUT2D eigenvalue weighted by molar-refractivity contribution is 0.173. The lowest BCUT2D eigenvalue weighted by atomic mass is 10.1. The summed E-state index contributed by atoms with van der Waals surface area (Å²) in [5.41, 5.74) is 1.79. The zero-order valence-electron chi connectivity index (χ0n) is 7.05. The third-order valence-corrected chi connectivity index (χ3v) is 2.20. The lowest BCUT2D eigenvalue weighted by Gasteiger charge is -2.05. The zero-order valence-corrected chi connectivity index (χ0v) is 7.05. The molecule has 1 aromatic rings. The Kier molecular flexibility index (Phi) is 1.40. The van der Waals surface area contributed by atoms with E-state index in [4.69, 9.17) is 9.47 Å². The molecule has 12 heavy (non-hydrogen) atoms. The van der Waals surface area contributed by atoms with E-state index in [0.29, 0.717) is 5.75 Å². The predicted octanol–water partition coefficient (Wildman–Crippen LogP) is 1.74. The van der Waals surface area contributed by atoms with Gasteiger partial charge in [0.25, 0.3) is 0 Å². The van der Waals surface area contributed by atoms with E-state index in [1.807, 2.05) is 13.8 Å². The van der Waals surface area contributed by atoms with Gasteiger partial charge in [0.2, 0.25) is 6.79 Å². The molecule has 0 aromatic heterocycles. The molecule has 64 valence electrons. The van der Waals surface area contributed by atoms with Crippen LogP contribution in [0, 0.1) is 13.8 Å². The van der Waals surface area contributed by atoms with Crippen LogP contribution in [0.1, 0.15) is 11.1 Å². The molecule has 1 heterocycles. The smallest absolute Gasteiger partial charge is 0.231 e. The molecule has 3 nitrogen and oxygen atoms in total. The van der Waals surface area contributed by atoms with Crippen molar-refractivity contribution in [3.8, 4) is 17.2 Å². The first-order valence-electron chi connectivity index (χ1n) is 3.79. The van der Waals surface area contributed by atoms with Crippen molar-refractivity contribution in [1.29, 1.82) is 0 Å². The van der Waals surface area contributed by atoms with E-state index >= 15 is 0 Å². The normalized spacial score (nSPS) is 13.5. The Hall–Kier alpha value is -1.38. The van der Waals surface area contributed by atoms with E-state index < -0.39 is 0 Å². The summed E-state index contributed by atoms with van der Waals surface area (Å²) in [4.78, 5) is 0. The van der Waals surface area contributed by atoms with Crippen molar-refractivity contribution < 1.29 is 14.6 Å². The Balaban J connectivity index is 2.67.